The summed E-state index contributed by atoms with van der Waals surface area (Å²) in [6.45, 7) is 4.22. The number of benzene rings is 2. The lowest BCUT2D eigenvalue weighted by Crippen LogP contribution is -2.31. The summed E-state index contributed by atoms with van der Waals surface area (Å²) in [6.07, 6.45) is 5.50. The average Bonchev–Trinajstić information content (AvgIpc) is 3.19. The highest BCUT2D eigenvalue weighted by Gasteiger charge is 2.42. The van der Waals surface area contributed by atoms with Crippen molar-refractivity contribution in [3.63, 3.8) is 0 Å². The minimum atomic E-state index is -0.853. The van der Waals surface area contributed by atoms with Gasteiger partial charge in [-0.05, 0) is 54.4 Å². The molecular formula is C29H32ClN7O2. The number of aromatic nitrogens is 2. The highest BCUT2D eigenvalue weighted by Crippen LogP contribution is 2.47. The maximum absolute atomic E-state index is 11.7. The summed E-state index contributed by atoms with van der Waals surface area (Å²) in [5.74, 6) is 0.0300. The van der Waals surface area contributed by atoms with Gasteiger partial charge in [0.25, 0.3) is 0 Å². The van der Waals surface area contributed by atoms with Crippen molar-refractivity contribution in [2.24, 2.45) is 0 Å². The number of anilines is 4. The van der Waals surface area contributed by atoms with Gasteiger partial charge in [-0.25, -0.2) is 4.98 Å². The number of fused-ring (bicyclic) bond motifs is 2. The third-order valence-corrected chi connectivity index (χ3v) is 7.74. The fraction of sp³-hybridized carbons (Fsp3) is 0.310. The highest BCUT2D eigenvalue weighted by atomic mass is 35.5. The molecule has 2 aliphatic heterocycles. The zero-order valence-electron chi connectivity index (χ0n) is 22.3. The van der Waals surface area contributed by atoms with Gasteiger partial charge in [0.1, 0.15) is 5.02 Å². The smallest absolute Gasteiger partial charge is 0.304 e. The van der Waals surface area contributed by atoms with E-state index in [1.807, 2.05) is 43.1 Å². The Morgan fingerprint density at radius 1 is 1.28 bits per heavy atom. The van der Waals surface area contributed by atoms with Gasteiger partial charge in [0.2, 0.25) is 5.95 Å². The Labute approximate surface area is 233 Å². The van der Waals surface area contributed by atoms with E-state index in [9.17, 15) is 9.90 Å². The van der Waals surface area contributed by atoms with Gasteiger partial charge in [-0.1, -0.05) is 36.7 Å². The molecule has 0 radical (unpaired) electrons. The van der Waals surface area contributed by atoms with Crippen molar-refractivity contribution in [1.82, 2.24) is 20.2 Å². The van der Waals surface area contributed by atoms with Gasteiger partial charge in [0.05, 0.1) is 18.3 Å². The summed E-state index contributed by atoms with van der Waals surface area (Å²) in [5.41, 5.74) is 6.30. The molecule has 3 heterocycles. The first-order valence-electron chi connectivity index (χ1n) is 12.8. The van der Waals surface area contributed by atoms with Gasteiger partial charge < -0.3 is 30.9 Å². The third kappa shape index (κ3) is 5.20. The molecule has 3 aromatic rings. The van der Waals surface area contributed by atoms with Crippen LogP contribution in [0.5, 0.6) is 0 Å². The maximum atomic E-state index is 11.7. The zero-order valence-corrected chi connectivity index (χ0v) is 23.0. The zero-order chi connectivity index (χ0) is 27.7. The van der Waals surface area contributed by atoms with Crippen LogP contribution in [0.1, 0.15) is 35.6 Å². The predicted molar refractivity (Wildman–Crippen MR) is 156 cm³/mol. The number of rotatable bonds is 8. The predicted octanol–water partition coefficient (Wildman–Crippen LogP) is 4.96. The number of hydrogen-bond donors (Lipinski definition) is 4. The fourth-order valence-corrected chi connectivity index (χ4v) is 5.80. The molecule has 0 amide bonds. The summed E-state index contributed by atoms with van der Waals surface area (Å²) >= 11 is 6.64. The number of carboxylic acid groups (broad SMARTS) is 1. The van der Waals surface area contributed by atoms with Gasteiger partial charge in [0.15, 0.2) is 5.82 Å². The van der Waals surface area contributed by atoms with E-state index in [0.717, 1.165) is 47.7 Å². The molecule has 0 saturated carbocycles. The van der Waals surface area contributed by atoms with Gasteiger partial charge in [-0.2, -0.15) is 4.98 Å². The Hall–Kier alpha value is -3.95. The van der Waals surface area contributed by atoms with E-state index in [2.05, 4.69) is 39.7 Å². The van der Waals surface area contributed by atoms with Gasteiger partial charge >= 0.3 is 5.97 Å². The van der Waals surface area contributed by atoms with Crippen LogP contribution in [0, 0.1) is 5.41 Å². The SMILES string of the molecule is CN/C(=C\C=N)c1cc2c(cc1Nc1ncc(Cl)c(N3CC(C)(CC(=O)O)c4ccccc43)n1)CN(C)CC2. The van der Waals surface area contributed by atoms with Crippen LogP contribution in [0.2, 0.25) is 5.02 Å². The Balaban J connectivity index is 1.55. The van der Waals surface area contributed by atoms with Crippen LogP contribution in [0.3, 0.4) is 0 Å². The number of hydrogen-bond acceptors (Lipinski definition) is 8. The lowest BCUT2D eigenvalue weighted by molar-refractivity contribution is -0.138. The number of halogens is 1. The van der Waals surface area contributed by atoms with Crippen molar-refractivity contribution in [3.05, 3.63) is 75.9 Å². The number of likely N-dealkylation sites (N-methyl/N-ethyl adjacent to an activating group) is 1. The quantitative estimate of drug-likeness (QED) is 0.294. The lowest BCUT2D eigenvalue weighted by atomic mass is 9.81. The van der Waals surface area contributed by atoms with E-state index in [4.69, 9.17) is 22.0 Å². The first-order valence-corrected chi connectivity index (χ1v) is 13.2. The van der Waals surface area contributed by atoms with Crippen molar-refractivity contribution in [3.8, 4) is 0 Å². The third-order valence-electron chi connectivity index (χ3n) is 7.47. The van der Waals surface area contributed by atoms with Crippen molar-refractivity contribution in [2.75, 3.05) is 37.4 Å². The number of aliphatic carboxylic acids is 1. The second-order valence-electron chi connectivity index (χ2n) is 10.4. The van der Waals surface area contributed by atoms with Crippen molar-refractivity contribution < 1.29 is 9.90 Å². The Morgan fingerprint density at radius 2 is 2.08 bits per heavy atom. The molecule has 0 aliphatic carbocycles. The van der Waals surface area contributed by atoms with Gasteiger partial charge in [0, 0.05) is 55.3 Å². The first-order chi connectivity index (χ1) is 18.7. The lowest BCUT2D eigenvalue weighted by Gasteiger charge is -2.27. The maximum Gasteiger partial charge on any atom is 0.304 e. The summed E-state index contributed by atoms with van der Waals surface area (Å²) in [5, 5.41) is 24.2. The number of carbonyl (C=O) groups is 1. The Bertz CT molecular complexity index is 1470. The second kappa shape index (κ2) is 10.7. The molecule has 0 spiro atoms. The summed E-state index contributed by atoms with van der Waals surface area (Å²) < 4.78 is 0. The van der Waals surface area contributed by atoms with E-state index in [1.54, 1.807) is 12.3 Å². The average molecular weight is 546 g/mol. The summed E-state index contributed by atoms with van der Waals surface area (Å²) in [7, 11) is 3.95. The van der Waals surface area contributed by atoms with Gasteiger partial charge in [-0.3, -0.25) is 4.79 Å². The van der Waals surface area contributed by atoms with Crippen molar-refractivity contribution >= 4 is 52.6 Å². The summed E-state index contributed by atoms with van der Waals surface area (Å²) in [6, 6.07) is 12.1. The minimum Gasteiger partial charge on any atom is -0.481 e. The molecule has 39 heavy (non-hydrogen) atoms. The van der Waals surface area contributed by atoms with Gasteiger partial charge in [-0.15, -0.1) is 0 Å². The topological polar surface area (TPSA) is 117 Å². The van der Waals surface area contributed by atoms with Crippen LogP contribution in [-0.2, 0) is 23.2 Å². The Kier molecular flexibility index (Phi) is 7.29. The molecule has 4 N–H and O–H groups in total. The molecule has 5 rings (SSSR count). The molecule has 1 aromatic heterocycles. The number of carboxylic acids is 1. The molecular weight excluding hydrogens is 514 g/mol. The normalized spacial score (nSPS) is 18.9. The molecule has 0 saturated heterocycles. The number of nitrogens with one attached hydrogen (secondary N) is 3. The van der Waals surface area contributed by atoms with Crippen molar-refractivity contribution in [1.29, 1.82) is 5.41 Å². The van der Waals surface area contributed by atoms with Crippen LogP contribution < -0.4 is 15.5 Å². The standard InChI is InChI=1S/C29H32ClN7O2/c1-29(14-26(38)39)17-37(25-7-5-4-6-21(25)29)27-22(30)15-33-28(35-27)34-24-13-19-16-36(3)11-9-18(19)12-20(24)23(32-2)8-10-31/h4-8,10,12-13,15,31-32H,9,11,14,16-17H2,1-3H3,(H,38,39)(H,33,34,35)/b23-8-,31-10?. The van der Waals surface area contributed by atoms with Crippen LogP contribution >= 0.6 is 11.6 Å². The van der Waals surface area contributed by atoms with E-state index >= 15 is 0 Å². The highest BCUT2D eigenvalue weighted by molar-refractivity contribution is 6.33. The molecule has 0 bridgehead atoms. The fourth-order valence-electron chi connectivity index (χ4n) is 5.61. The number of nitrogens with zero attached hydrogens (tertiary/aromatic N) is 4. The number of para-hydroxylation sites is 1. The van der Waals surface area contributed by atoms with E-state index in [1.165, 1.54) is 17.3 Å². The summed E-state index contributed by atoms with van der Waals surface area (Å²) in [4.78, 5) is 25.3. The number of allylic oxidation sites excluding steroid dienone is 1. The van der Waals surface area contributed by atoms with Crippen LogP contribution in [0.25, 0.3) is 5.70 Å². The molecule has 2 aromatic carbocycles. The molecule has 1 unspecified atom stereocenters. The van der Waals surface area contributed by atoms with E-state index in [0.29, 0.717) is 23.3 Å². The Morgan fingerprint density at radius 3 is 2.82 bits per heavy atom. The largest absolute Gasteiger partial charge is 0.481 e. The second-order valence-corrected chi connectivity index (χ2v) is 10.8. The van der Waals surface area contributed by atoms with E-state index < -0.39 is 11.4 Å². The van der Waals surface area contributed by atoms with Crippen LogP contribution in [0.4, 0.5) is 23.1 Å². The molecule has 0 fully saturated rings. The molecule has 9 nitrogen and oxygen atoms in total. The molecule has 1 atom stereocenters. The molecule has 2 aliphatic rings. The van der Waals surface area contributed by atoms with Crippen LogP contribution in [0.15, 0.2) is 48.7 Å². The monoisotopic (exact) mass is 545 g/mol. The molecule has 202 valence electrons. The van der Waals surface area contributed by atoms with Crippen LogP contribution in [-0.4, -0.2) is 59.3 Å². The molecule has 10 heteroatoms. The van der Waals surface area contributed by atoms with Crippen molar-refractivity contribution in [2.45, 2.75) is 31.7 Å². The minimum absolute atomic E-state index is 0.00655. The first kappa shape index (κ1) is 26.6. The van der Waals surface area contributed by atoms with E-state index in [-0.39, 0.29) is 6.42 Å².